The molecule has 6 nitrogen and oxygen atoms in total. The Morgan fingerprint density at radius 3 is 2.71 bits per heavy atom. The van der Waals surface area contributed by atoms with Gasteiger partial charge in [-0.15, -0.1) is 0 Å². The number of hydrogen-bond donors (Lipinski definition) is 1. The molecule has 1 atom stereocenters. The fourth-order valence-electron chi connectivity index (χ4n) is 2.46. The Morgan fingerprint density at radius 1 is 1.17 bits per heavy atom. The zero-order valence-electron chi connectivity index (χ0n) is 13.1. The maximum Gasteiger partial charge on any atom is 0.347 e. The van der Waals surface area contributed by atoms with Crippen molar-refractivity contribution in [3.05, 3.63) is 66.0 Å². The lowest BCUT2D eigenvalue weighted by Crippen LogP contribution is -2.30. The summed E-state index contributed by atoms with van der Waals surface area (Å²) in [6, 6.07) is 12.6. The van der Waals surface area contributed by atoms with Crippen LogP contribution in [0.2, 0.25) is 0 Å². The minimum atomic E-state index is -1.01. The summed E-state index contributed by atoms with van der Waals surface area (Å²) in [6.07, 6.45) is 2.45. The molecule has 1 aromatic carbocycles. The van der Waals surface area contributed by atoms with Crippen LogP contribution in [0.1, 0.15) is 15.9 Å². The first-order valence-electron chi connectivity index (χ1n) is 7.44. The topological polar surface area (TPSA) is 81.3 Å². The van der Waals surface area contributed by atoms with Crippen LogP contribution in [0.5, 0.6) is 0 Å². The van der Waals surface area contributed by atoms with Gasteiger partial charge in [0.2, 0.25) is 6.10 Å². The molecule has 0 saturated heterocycles. The van der Waals surface area contributed by atoms with Gasteiger partial charge in [-0.05, 0) is 17.7 Å². The van der Waals surface area contributed by atoms with E-state index in [1.165, 1.54) is 13.3 Å². The molecule has 24 heavy (non-hydrogen) atoms. The van der Waals surface area contributed by atoms with Gasteiger partial charge in [0, 0.05) is 24.2 Å². The molecule has 0 aliphatic heterocycles. The fraction of sp³-hybridized carbons (Fsp3) is 0.167. The normalized spacial score (nSPS) is 11.9. The van der Waals surface area contributed by atoms with E-state index in [0.29, 0.717) is 16.6 Å². The summed E-state index contributed by atoms with van der Waals surface area (Å²) < 4.78 is 10.2. The van der Waals surface area contributed by atoms with Crippen LogP contribution in [-0.4, -0.2) is 35.1 Å². The lowest BCUT2D eigenvalue weighted by molar-refractivity contribution is -0.150. The van der Waals surface area contributed by atoms with Crippen LogP contribution in [0.3, 0.4) is 0 Å². The molecule has 0 aliphatic rings. The first-order valence-corrected chi connectivity index (χ1v) is 7.44. The molecule has 0 fully saturated rings. The average molecular weight is 324 g/mol. The number of esters is 2. The molecule has 122 valence electrons. The molecular formula is C18H16N2O4. The second kappa shape index (κ2) is 6.95. The van der Waals surface area contributed by atoms with Gasteiger partial charge in [-0.1, -0.05) is 30.3 Å². The molecule has 6 heteroatoms. The van der Waals surface area contributed by atoms with E-state index in [1.807, 2.05) is 30.3 Å². The van der Waals surface area contributed by atoms with E-state index in [0.717, 1.165) is 5.56 Å². The Hall–Kier alpha value is -3.15. The molecular weight excluding hydrogens is 308 g/mol. The number of hydrogen-bond acceptors (Lipinski definition) is 5. The van der Waals surface area contributed by atoms with Gasteiger partial charge < -0.3 is 14.5 Å². The quantitative estimate of drug-likeness (QED) is 0.729. The highest BCUT2D eigenvalue weighted by Crippen LogP contribution is 2.18. The number of carbonyl (C=O) groups excluding carboxylic acids is 2. The van der Waals surface area contributed by atoms with E-state index in [1.54, 1.807) is 18.3 Å². The lowest BCUT2D eigenvalue weighted by atomic mass is 10.1. The number of rotatable bonds is 5. The molecule has 3 aromatic rings. The number of ether oxygens (including phenoxy) is 2. The van der Waals surface area contributed by atoms with Crippen molar-refractivity contribution < 1.29 is 19.1 Å². The van der Waals surface area contributed by atoms with E-state index < -0.39 is 18.0 Å². The third kappa shape index (κ3) is 3.27. The molecule has 0 bridgehead atoms. The summed E-state index contributed by atoms with van der Waals surface area (Å²) in [5.74, 6) is -1.18. The van der Waals surface area contributed by atoms with Crippen molar-refractivity contribution >= 4 is 23.0 Å². The van der Waals surface area contributed by atoms with Gasteiger partial charge in [0.15, 0.2) is 0 Å². The summed E-state index contributed by atoms with van der Waals surface area (Å²) in [7, 11) is 1.27. The van der Waals surface area contributed by atoms with Crippen molar-refractivity contribution in [1.82, 2.24) is 9.97 Å². The van der Waals surface area contributed by atoms with E-state index >= 15 is 0 Å². The summed E-state index contributed by atoms with van der Waals surface area (Å²) in [4.78, 5) is 31.5. The number of fused-ring (bicyclic) bond motifs is 1. The first-order chi connectivity index (χ1) is 11.7. The van der Waals surface area contributed by atoms with Crippen molar-refractivity contribution in [2.24, 2.45) is 0 Å². The third-order valence-electron chi connectivity index (χ3n) is 3.66. The minimum absolute atomic E-state index is 0.251. The van der Waals surface area contributed by atoms with Crippen molar-refractivity contribution in [2.75, 3.05) is 7.11 Å². The van der Waals surface area contributed by atoms with Gasteiger partial charge in [0.1, 0.15) is 5.65 Å². The summed E-state index contributed by atoms with van der Waals surface area (Å²) >= 11 is 0. The highest BCUT2D eigenvalue weighted by Gasteiger charge is 2.26. The highest BCUT2D eigenvalue weighted by atomic mass is 16.6. The van der Waals surface area contributed by atoms with Gasteiger partial charge in [-0.25, -0.2) is 14.6 Å². The molecule has 0 radical (unpaired) electrons. The summed E-state index contributed by atoms with van der Waals surface area (Å²) in [5, 5.41) is 0.644. The zero-order chi connectivity index (χ0) is 16.9. The number of aromatic nitrogens is 2. The van der Waals surface area contributed by atoms with Crippen LogP contribution in [0.25, 0.3) is 11.0 Å². The van der Waals surface area contributed by atoms with Crippen LogP contribution in [0.15, 0.2) is 54.9 Å². The minimum Gasteiger partial charge on any atom is -0.466 e. The Labute approximate surface area is 138 Å². The summed E-state index contributed by atoms with van der Waals surface area (Å²) in [5.41, 5.74) is 1.81. The first kappa shape index (κ1) is 15.7. The molecule has 3 rings (SSSR count). The predicted molar refractivity (Wildman–Crippen MR) is 87.5 cm³/mol. The van der Waals surface area contributed by atoms with Crippen LogP contribution in [0.4, 0.5) is 0 Å². The number of benzene rings is 1. The van der Waals surface area contributed by atoms with Crippen molar-refractivity contribution in [3.63, 3.8) is 0 Å². The molecule has 1 N–H and O–H groups in total. The fourth-order valence-corrected chi connectivity index (χ4v) is 2.46. The number of pyridine rings is 1. The predicted octanol–water partition coefficient (Wildman–Crippen LogP) is 2.50. The monoisotopic (exact) mass is 324 g/mol. The largest absolute Gasteiger partial charge is 0.466 e. The van der Waals surface area contributed by atoms with Gasteiger partial charge in [0.25, 0.3) is 0 Å². The molecule has 0 saturated carbocycles. The van der Waals surface area contributed by atoms with E-state index in [4.69, 9.17) is 9.47 Å². The second-order valence-electron chi connectivity index (χ2n) is 5.21. The van der Waals surface area contributed by atoms with Gasteiger partial charge in [-0.3, -0.25) is 0 Å². The van der Waals surface area contributed by atoms with E-state index in [9.17, 15) is 9.59 Å². The molecule has 0 spiro atoms. The number of H-pyrrole nitrogens is 1. The van der Waals surface area contributed by atoms with Crippen LogP contribution >= 0.6 is 0 Å². The Kier molecular flexibility index (Phi) is 4.56. The van der Waals surface area contributed by atoms with Crippen LogP contribution < -0.4 is 0 Å². The number of aromatic amines is 1. The van der Waals surface area contributed by atoms with Crippen molar-refractivity contribution in [3.8, 4) is 0 Å². The van der Waals surface area contributed by atoms with Gasteiger partial charge in [0.05, 0.1) is 12.7 Å². The summed E-state index contributed by atoms with van der Waals surface area (Å²) in [6.45, 7) is 0. The lowest BCUT2D eigenvalue weighted by Gasteiger charge is -2.16. The van der Waals surface area contributed by atoms with Crippen LogP contribution in [-0.2, 0) is 20.7 Å². The van der Waals surface area contributed by atoms with Gasteiger partial charge in [-0.2, -0.15) is 0 Å². The maximum absolute atomic E-state index is 12.5. The van der Waals surface area contributed by atoms with Crippen LogP contribution in [0, 0.1) is 0 Å². The van der Waals surface area contributed by atoms with Gasteiger partial charge >= 0.3 is 11.9 Å². The number of methoxy groups -OCH3 is 1. The average Bonchev–Trinajstić information content (AvgIpc) is 3.10. The molecule has 2 heterocycles. The number of carbonyl (C=O) groups is 2. The Morgan fingerprint density at radius 2 is 1.96 bits per heavy atom. The highest BCUT2D eigenvalue weighted by molar-refractivity contribution is 6.03. The standard InChI is InChI=1S/C18H16N2O4/c1-23-18(22)15(11-12-5-3-2-4-6-12)24-17(21)14-8-10-20-16-13(14)7-9-19-16/h2-10,15H,11H2,1H3,(H,19,20). The Balaban J connectivity index is 1.83. The molecule has 1 unspecified atom stereocenters. The van der Waals surface area contributed by atoms with E-state index in [2.05, 4.69) is 9.97 Å². The zero-order valence-corrected chi connectivity index (χ0v) is 13.1. The van der Waals surface area contributed by atoms with E-state index in [-0.39, 0.29) is 6.42 Å². The molecule has 0 amide bonds. The third-order valence-corrected chi connectivity index (χ3v) is 3.66. The van der Waals surface area contributed by atoms with Crippen molar-refractivity contribution in [1.29, 1.82) is 0 Å². The second-order valence-corrected chi connectivity index (χ2v) is 5.21. The van der Waals surface area contributed by atoms with Crippen molar-refractivity contribution in [2.45, 2.75) is 12.5 Å². The smallest absolute Gasteiger partial charge is 0.347 e. The molecule has 2 aromatic heterocycles. The number of nitrogens with one attached hydrogen (secondary N) is 1. The SMILES string of the molecule is COC(=O)C(Cc1ccccc1)OC(=O)c1ccnc2[nH]ccc12. The number of nitrogens with zero attached hydrogens (tertiary/aromatic N) is 1. The molecule has 0 aliphatic carbocycles. The maximum atomic E-state index is 12.5. The Bertz CT molecular complexity index is 858.